The quantitative estimate of drug-likeness (QED) is 0.0669. The largest absolute Gasteiger partial charge is 0.490 e. The summed E-state index contributed by atoms with van der Waals surface area (Å²) in [4.78, 5) is 78.9. The molecular weight excluding hydrogens is 643 g/mol. The van der Waals surface area contributed by atoms with Crippen LogP contribution in [0.2, 0.25) is 0 Å². The molecule has 5 N–H and O–H groups in total. The van der Waals surface area contributed by atoms with Crippen LogP contribution in [-0.4, -0.2) is 60.0 Å². The van der Waals surface area contributed by atoms with Crippen LogP contribution in [0.15, 0.2) is 45.2 Å². The first-order chi connectivity index (χ1) is 19.9. The van der Waals surface area contributed by atoms with Gasteiger partial charge in [-0.2, -0.15) is 8.62 Å². The number of phosphoric acid groups is 3. The smallest absolute Gasteiger partial charge is 0.456 e. The Kier molecular flexibility index (Phi) is 11.1. The van der Waals surface area contributed by atoms with Gasteiger partial charge in [0.2, 0.25) is 0 Å². The van der Waals surface area contributed by atoms with Crippen LogP contribution in [0, 0.1) is 6.92 Å². The molecule has 20 nitrogen and oxygen atoms in total. The summed E-state index contributed by atoms with van der Waals surface area (Å²) in [6, 6.07) is 5.70. The summed E-state index contributed by atoms with van der Waals surface area (Å²) in [6.45, 7) is 2.05. The highest BCUT2D eigenvalue weighted by atomic mass is 31.3. The van der Waals surface area contributed by atoms with Gasteiger partial charge < -0.3 is 29.0 Å². The molecule has 23 heteroatoms. The van der Waals surface area contributed by atoms with Crippen molar-refractivity contribution in [3.63, 3.8) is 0 Å². The summed E-state index contributed by atoms with van der Waals surface area (Å²) in [5.74, 6) is -0.897. The lowest BCUT2D eigenvalue weighted by Crippen LogP contribution is -2.33. The number of aromatic amines is 1. The Morgan fingerprint density at radius 1 is 1.19 bits per heavy atom. The Morgan fingerprint density at radius 3 is 2.51 bits per heavy atom. The molecule has 2 heterocycles. The van der Waals surface area contributed by atoms with E-state index >= 15 is 0 Å². The Balaban J connectivity index is 1.86. The molecule has 4 unspecified atom stereocenters. The third-order valence-electron chi connectivity index (χ3n) is 5.71. The first-order valence-electron chi connectivity index (χ1n) is 12.0. The molecule has 6 atom stereocenters. The van der Waals surface area contributed by atoms with E-state index in [1.807, 2.05) is 0 Å². The van der Waals surface area contributed by atoms with E-state index in [0.717, 1.165) is 4.57 Å². The van der Waals surface area contributed by atoms with Crippen molar-refractivity contribution < 1.29 is 60.7 Å². The summed E-state index contributed by atoms with van der Waals surface area (Å²) in [7, 11) is -17.0. The second-order valence-electron chi connectivity index (χ2n) is 9.09. The number of benzene rings is 1. The van der Waals surface area contributed by atoms with E-state index in [1.165, 1.54) is 19.2 Å². The predicted octanol–water partition coefficient (Wildman–Crippen LogP) is 1.94. The third kappa shape index (κ3) is 10.0. The van der Waals surface area contributed by atoms with Crippen molar-refractivity contribution in [3.8, 4) is 0 Å². The van der Waals surface area contributed by atoms with Crippen molar-refractivity contribution in [1.29, 1.82) is 0 Å². The Morgan fingerprint density at radius 2 is 1.86 bits per heavy atom. The molecule has 0 aliphatic carbocycles. The number of nitrogens with zero attached hydrogens (tertiary/aromatic N) is 4. The lowest BCUT2D eigenvalue weighted by atomic mass is 10.0. The van der Waals surface area contributed by atoms with Gasteiger partial charge in [0.15, 0.2) is 0 Å². The van der Waals surface area contributed by atoms with E-state index in [2.05, 4.69) is 28.2 Å². The number of phosphoric ester groups is 1. The number of carbonyl (C=O) groups excluding carboxylic acids is 1. The number of esters is 1. The van der Waals surface area contributed by atoms with Crippen molar-refractivity contribution in [2.45, 2.75) is 51.2 Å². The highest BCUT2D eigenvalue weighted by molar-refractivity contribution is 7.66. The summed E-state index contributed by atoms with van der Waals surface area (Å²) in [5.41, 5.74) is 7.78. The maximum atomic E-state index is 13.2. The van der Waals surface area contributed by atoms with Gasteiger partial charge in [-0.05, 0) is 30.5 Å². The second kappa shape index (κ2) is 13.8. The van der Waals surface area contributed by atoms with Crippen molar-refractivity contribution in [1.82, 2.24) is 9.55 Å². The molecule has 0 spiro atoms. The number of aryl methyl sites for hydroxylation is 1. The van der Waals surface area contributed by atoms with Gasteiger partial charge in [0.05, 0.1) is 12.2 Å². The van der Waals surface area contributed by atoms with Gasteiger partial charge in [0.1, 0.15) is 18.4 Å². The number of hydrogen-bond donors (Lipinski definition) is 5. The van der Waals surface area contributed by atoms with Crippen molar-refractivity contribution >= 4 is 29.4 Å². The Labute approximate surface area is 241 Å². The Hall–Kier alpha value is -2.95. The van der Waals surface area contributed by atoms with Gasteiger partial charge in [0.25, 0.3) is 5.56 Å². The second-order valence-corrected chi connectivity index (χ2v) is 13.5. The predicted molar refractivity (Wildman–Crippen MR) is 142 cm³/mol. The average molecular weight is 669 g/mol. The lowest BCUT2D eigenvalue weighted by molar-refractivity contribution is -0.0512. The molecule has 43 heavy (non-hydrogen) atoms. The minimum Gasteiger partial charge on any atom is -0.456 e. The molecule has 1 aromatic carbocycles. The molecule has 0 bridgehead atoms. The molecule has 236 valence electrons. The molecule has 1 aromatic heterocycles. The monoisotopic (exact) mass is 669 g/mol. The van der Waals surface area contributed by atoms with E-state index in [-0.39, 0.29) is 24.0 Å². The molecule has 3 rings (SSSR count). The van der Waals surface area contributed by atoms with E-state index in [9.17, 15) is 37.9 Å². The first kappa shape index (κ1) is 34.5. The standard InChI is InChI=1S/C20H26N5O15P3/c1-11-9-25(20(28)22-18(11)26)17-8-15(38-19(27)14-6-4-3-5-13(14)7-12(2)23-24-21)16(37-17)10-36-42(32,33)40-43(34,35)39-41(29,30)31/h3-6,9,12,15-17H,7-8,10H2,1-2H3,(H,32,33)(H,34,35)(H,22,26,28)(H2,29,30,31)/t12?,15?,16-,17-/m1/s1. The number of carbonyl (C=O) groups is 1. The number of aromatic nitrogens is 2. The van der Waals surface area contributed by atoms with E-state index in [0.29, 0.717) is 5.56 Å². The maximum Gasteiger partial charge on any atom is 0.490 e. The van der Waals surface area contributed by atoms with E-state index < -0.39 is 71.8 Å². The van der Waals surface area contributed by atoms with Crippen molar-refractivity contribution in [3.05, 3.63) is 78.4 Å². The van der Waals surface area contributed by atoms with Crippen LogP contribution in [-0.2, 0) is 42.7 Å². The zero-order valence-corrected chi connectivity index (χ0v) is 24.9. The maximum absolute atomic E-state index is 13.2. The highest BCUT2D eigenvalue weighted by Gasteiger charge is 2.44. The summed E-state index contributed by atoms with van der Waals surface area (Å²) >= 11 is 0. The first-order valence-corrected chi connectivity index (χ1v) is 16.5. The van der Waals surface area contributed by atoms with Crippen LogP contribution >= 0.6 is 23.5 Å². The van der Waals surface area contributed by atoms with Gasteiger partial charge in [0, 0.05) is 29.1 Å². The van der Waals surface area contributed by atoms with Crippen LogP contribution in [0.4, 0.5) is 0 Å². The molecular formula is C20H26N5O15P3. The fourth-order valence-corrected chi connectivity index (χ4v) is 6.99. The van der Waals surface area contributed by atoms with Crippen LogP contribution in [0.5, 0.6) is 0 Å². The molecule has 1 fully saturated rings. The fraction of sp³-hybridized carbons (Fsp3) is 0.450. The van der Waals surface area contributed by atoms with Crippen LogP contribution < -0.4 is 11.2 Å². The van der Waals surface area contributed by atoms with Crippen molar-refractivity contribution in [2.75, 3.05) is 6.61 Å². The molecule has 0 amide bonds. The number of nitrogens with one attached hydrogen (secondary N) is 1. The zero-order chi connectivity index (χ0) is 32.2. The number of ether oxygens (including phenoxy) is 2. The van der Waals surface area contributed by atoms with Crippen molar-refractivity contribution in [2.24, 2.45) is 5.11 Å². The Bertz CT molecular complexity index is 1670. The SMILES string of the molecule is Cc1cn([C@H]2CC(OC(=O)c3ccccc3CC(C)N=[N+]=[N-])[C@@H](COP(=O)(O)OP(=O)(O)OP(=O)(O)O)O2)c(=O)[nH]c1=O. The van der Waals surface area contributed by atoms with Gasteiger partial charge in [-0.3, -0.25) is 18.9 Å². The van der Waals surface area contributed by atoms with Crippen LogP contribution in [0.3, 0.4) is 0 Å². The third-order valence-corrected chi connectivity index (χ3v) is 9.52. The van der Waals surface area contributed by atoms with Gasteiger partial charge in [-0.15, -0.1) is 0 Å². The van der Waals surface area contributed by atoms with E-state index in [1.54, 1.807) is 25.1 Å². The van der Waals surface area contributed by atoms with Crippen LogP contribution in [0.25, 0.3) is 10.4 Å². The number of hydrogen-bond acceptors (Lipinski definition) is 12. The van der Waals surface area contributed by atoms with Gasteiger partial charge in [-0.1, -0.05) is 30.2 Å². The van der Waals surface area contributed by atoms with Gasteiger partial charge in [-0.25, -0.2) is 23.3 Å². The zero-order valence-electron chi connectivity index (χ0n) is 22.2. The van der Waals surface area contributed by atoms with Crippen LogP contribution in [0.1, 0.15) is 41.1 Å². The summed E-state index contributed by atoms with van der Waals surface area (Å²) < 4.78 is 59.1. The molecule has 1 aliphatic rings. The molecule has 0 radical (unpaired) electrons. The fourth-order valence-electron chi connectivity index (χ4n) is 3.96. The summed E-state index contributed by atoms with van der Waals surface area (Å²) in [5, 5.41) is 3.58. The normalized spacial score (nSPS) is 22.1. The number of rotatable bonds is 13. The molecule has 1 saturated heterocycles. The van der Waals surface area contributed by atoms with E-state index in [4.69, 9.17) is 24.8 Å². The summed E-state index contributed by atoms with van der Waals surface area (Å²) in [6.07, 6.45) is -2.87. The minimum atomic E-state index is -5.81. The van der Waals surface area contributed by atoms with Gasteiger partial charge >= 0.3 is 35.1 Å². The molecule has 2 aromatic rings. The number of H-pyrrole nitrogens is 1. The highest BCUT2D eigenvalue weighted by Crippen LogP contribution is 2.66. The minimum absolute atomic E-state index is 0.0784. The lowest BCUT2D eigenvalue weighted by Gasteiger charge is -2.21. The topological polar surface area (TPSA) is 299 Å². The number of azide groups is 1. The average Bonchev–Trinajstić information content (AvgIpc) is 3.25. The molecule has 0 saturated carbocycles. The molecule has 1 aliphatic heterocycles.